The van der Waals surface area contributed by atoms with Gasteiger partial charge < -0.3 is 9.47 Å². The van der Waals surface area contributed by atoms with Crippen LogP contribution in [0.1, 0.15) is 23.6 Å². The van der Waals surface area contributed by atoms with E-state index in [4.69, 9.17) is 15.9 Å². The van der Waals surface area contributed by atoms with Crippen LogP contribution in [0.15, 0.2) is 29.1 Å². The van der Waals surface area contributed by atoms with Gasteiger partial charge in [0.15, 0.2) is 16.5 Å². The summed E-state index contributed by atoms with van der Waals surface area (Å²) in [5.74, 6) is 3.70. The van der Waals surface area contributed by atoms with Crippen molar-refractivity contribution >= 4 is 56.0 Å². The van der Waals surface area contributed by atoms with E-state index in [1.54, 1.807) is 4.40 Å². The molecule has 2 aromatic carbocycles. The Kier molecular flexibility index (Phi) is 5.71. The summed E-state index contributed by atoms with van der Waals surface area (Å²) >= 11 is 3.57. The van der Waals surface area contributed by atoms with Gasteiger partial charge in [0.1, 0.15) is 6.61 Å². The Morgan fingerprint density at radius 2 is 2.00 bits per heavy atom. The topological polar surface area (TPSA) is 52.8 Å². The van der Waals surface area contributed by atoms with Crippen LogP contribution in [-0.2, 0) is 0 Å². The second-order valence-electron chi connectivity index (χ2n) is 6.83. The smallest absolute Gasteiger partial charge is 0.274 e. The summed E-state index contributed by atoms with van der Waals surface area (Å²) in [5.41, 5.74) is 4.78. The molecule has 30 heavy (non-hydrogen) atoms. The van der Waals surface area contributed by atoms with Crippen molar-refractivity contribution in [1.29, 1.82) is 0 Å². The molecule has 0 radical (unpaired) electrons. The minimum absolute atomic E-state index is 0.0682. The van der Waals surface area contributed by atoms with Gasteiger partial charge in [0.05, 0.1) is 25.7 Å². The highest BCUT2D eigenvalue weighted by atomic mass is 127. The SMILES string of the molecule is C#CCOc1c(I)cc(/C=c2\sc3nc4cc(C)c(C)cc4n3c2=O)cc1OCC. The number of aromatic nitrogens is 2. The van der Waals surface area contributed by atoms with Gasteiger partial charge in [-0.25, -0.2) is 9.38 Å². The molecule has 4 aromatic rings. The number of hydrogen-bond donors (Lipinski definition) is 0. The van der Waals surface area contributed by atoms with E-state index >= 15 is 0 Å². The first-order valence-corrected chi connectivity index (χ1v) is 11.3. The number of ether oxygens (including phenoxy) is 2. The quantitative estimate of drug-likeness (QED) is 0.288. The van der Waals surface area contributed by atoms with E-state index in [2.05, 4.69) is 33.5 Å². The van der Waals surface area contributed by atoms with Crippen molar-refractivity contribution in [3.8, 4) is 23.8 Å². The van der Waals surface area contributed by atoms with Crippen LogP contribution in [0.4, 0.5) is 0 Å². The predicted molar refractivity (Wildman–Crippen MR) is 130 cm³/mol. The highest BCUT2D eigenvalue weighted by Crippen LogP contribution is 2.34. The lowest BCUT2D eigenvalue weighted by Gasteiger charge is -2.13. The molecule has 0 bridgehead atoms. The van der Waals surface area contributed by atoms with Crippen molar-refractivity contribution in [3.05, 3.63) is 59.4 Å². The van der Waals surface area contributed by atoms with Gasteiger partial charge in [0.2, 0.25) is 0 Å². The molecule has 7 heteroatoms. The van der Waals surface area contributed by atoms with Crippen molar-refractivity contribution in [1.82, 2.24) is 9.38 Å². The van der Waals surface area contributed by atoms with E-state index in [1.165, 1.54) is 11.3 Å². The Morgan fingerprint density at radius 1 is 1.23 bits per heavy atom. The van der Waals surface area contributed by atoms with Gasteiger partial charge in [-0.15, -0.1) is 6.42 Å². The zero-order valence-corrected chi connectivity index (χ0v) is 19.8. The van der Waals surface area contributed by atoms with Crippen molar-refractivity contribution in [2.75, 3.05) is 13.2 Å². The normalized spacial score (nSPS) is 11.9. The van der Waals surface area contributed by atoms with Crippen molar-refractivity contribution in [3.63, 3.8) is 0 Å². The zero-order valence-electron chi connectivity index (χ0n) is 16.8. The van der Waals surface area contributed by atoms with Crippen LogP contribution in [0.3, 0.4) is 0 Å². The molecular weight excluding hydrogens is 511 g/mol. The number of rotatable bonds is 5. The molecule has 0 amide bonds. The van der Waals surface area contributed by atoms with Gasteiger partial charge in [-0.1, -0.05) is 17.3 Å². The van der Waals surface area contributed by atoms with Crippen molar-refractivity contribution < 1.29 is 9.47 Å². The molecule has 5 nitrogen and oxygen atoms in total. The van der Waals surface area contributed by atoms with E-state index in [-0.39, 0.29) is 12.2 Å². The van der Waals surface area contributed by atoms with Gasteiger partial charge >= 0.3 is 0 Å². The lowest BCUT2D eigenvalue weighted by atomic mass is 10.1. The molecule has 0 atom stereocenters. The molecule has 0 unspecified atom stereocenters. The molecule has 0 aliphatic carbocycles. The fourth-order valence-corrected chi connectivity index (χ4v) is 5.03. The first-order valence-electron chi connectivity index (χ1n) is 9.39. The van der Waals surface area contributed by atoms with Crippen LogP contribution in [0, 0.1) is 29.8 Å². The van der Waals surface area contributed by atoms with E-state index in [1.807, 2.05) is 51.1 Å². The summed E-state index contributed by atoms with van der Waals surface area (Å²) in [6.45, 7) is 6.66. The maximum Gasteiger partial charge on any atom is 0.274 e. The minimum atomic E-state index is -0.0682. The predicted octanol–water partition coefficient (Wildman–Crippen LogP) is 4.09. The van der Waals surface area contributed by atoms with Crippen LogP contribution in [0.2, 0.25) is 0 Å². The molecule has 0 saturated heterocycles. The average Bonchev–Trinajstić information content (AvgIpc) is 3.18. The third-order valence-electron chi connectivity index (χ3n) is 4.78. The number of imidazole rings is 1. The Balaban J connectivity index is 1.87. The van der Waals surface area contributed by atoms with Crippen molar-refractivity contribution in [2.45, 2.75) is 20.8 Å². The monoisotopic (exact) mass is 530 g/mol. The number of fused-ring (bicyclic) bond motifs is 3. The minimum Gasteiger partial charge on any atom is -0.490 e. The van der Waals surface area contributed by atoms with Gasteiger partial charge in [-0.05, 0) is 90.4 Å². The first-order chi connectivity index (χ1) is 14.4. The molecule has 0 fully saturated rings. The molecule has 2 heterocycles. The van der Waals surface area contributed by atoms with E-state index in [0.717, 1.165) is 31.3 Å². The lowest BCUT2D eigenvalue weighted by Crippen LogP contribution is -2.22. The van der Waals surface area contributed by atoms with Crippen LogP contribution in [0.5, 0.6) is 11.5 Å². The van der Waals surface area contributed by atoms with Crippen molar-refractivity contribution in [2.24, 2.45) is 0 Å². The highest BCUT2D eigenvalue weighted by molar-refractivity contribution is 14.1. The van der Waals surface area contributed by atoms with Gasteiger partial charge in [-0.3, -0.25) is 4.79 Å². The number of thiazole rings is 1. The van der Waals surface area contributed by atoms with Gasteiger partial charge in [0, 0.05) is 0 Å². The zero-order chi connectivity index (χ0) is 21.4. The van der Waals surface area contributed by atoms with Crippen LogP contribution in [0.25, 0.3) is 22.1 Å². The second-order valence-corrected chi connectivity index (χ2v) is 9.00. The molecule has 0 spiro atoms. The van der Waals surface area contributed by atoms with Crippen LogP contribution < -0.4 is 19.6 Å². The summed E-state index contributed by atoms with van der Waals surface area (Å²) in [6.07, 6.45) is 7.18. The number of halogens is 1. The summed E-state index contributed by atoms with van der Waals surface area (Å²) in [5, 5.41) is 0. The molecule has 0 aliphatic heterocycles. The van der Waals surface area contributed by atoms with Gasteiger partial charge in [0.25, 0.3) is 5.56 Å². The lowest BCUT2D eigenvalue weighted by molar-refractivity contribution is 0.297. The van der Waals surface area contributed by atoms with E-state index in [9.17, 15) is 4.79 Å². The number of aryl methyl sites for hydroxylation is 2. The summed E-state index contributed by atoms with van der Waals surface area (Å²) < 4.78 is 14.6. The number of benzene rings is 2. The number of nitrogens with zero attached hydrogens (tertiary/aromatic N) is 2. The molecule has 0 aliphatic rings. The maximum absolute atomic E-state index is 13.1. The average molecular weight is 530 g/mol. The second kappa shape index (κ2) is 8.28. The Hall–Kier alpha value is -2.57. The number of terminal acetylenes is 1. The fraction of sp³-hybridized carbons (Fsp3) is 0.217. The third kappa shape index (κ3) is 3.66. The Morgan fingerprint density at radius 3 is 2.73 bits per heavy atom. The van der Waals surface area contributed by atoms with Crippen LogP contribution in [-0.4, -0.2) is 22.6 Å². The van der Waals surface area contributed by atoms with Crippen LogP contribution >= 0.6 is 33.9 Å². The molecular formula is C23H19IN2O3S. The molecule has 0 N–H and O–H groups in total. The molecule has 2 aromatic heterocycles. The largest absolute Gasteiger partial charge is 0.490 e. The first kappa shape index (κ1) is 20.7. The highest BCUT2D eigenvalue weighted by Gasteiger charge is 2.14. The molecule has 152 valence electrons. The maximum atomic E-state index is 13.1. The number of hydrogen-bond acceptors (Lipinski definition) is 5. The Bertz CT molecular complexity index is 1430. The van der Waals surface area contributed by atoms with E-state index < -0.39 is 0 Å². The Labute approximate surface area is 191 Å². The summed E-state index contributed by atoms with van der Waals surface area (Å²) in [4.78, 5) is 18.5. The van der Waals surface area contributed by atoms with E-state index in [0.29, 0.717) is 27.6 Å². The molecule has 4 rings (SSSR count). The molecule has 0 saturated carbocycles. The standard InChI is InChI=1S/C23H19IN2O3S/c1-5-7-29-21-16(24)10-15(11-19(21)28-6-2)12-20-22(27)26-18-9-14(4)13(3)8-17(18)25-23(26)30-20/h1,8-12H,6-7H2,2-4H3/b20-12-. The summed E-state index contributed by atoms with van der Waals surface area (Å²) in [6, 6.07) is 7.86. The van der Waals surface area contributed by atoms with Gasteiger partial charge in [-0.2, -0.15) is 0 Å². The summed E-state index contributed by atoms with van der Waals surface area (Å²) in [7, 11) is 0. The third-order valence-corrected chi connectivity index (χ3v) is 6.55. The fourth-order valence-electron chi connectivity index (χ4n) is 3.26.